The largest absolute Gasteiger partial charge is 0.467 e. The van der Waals surface area contributed by atoms with Gasteiger partial charge in [0.1, 0.15) is 5.76 Å². The van der Waals surface area contributed by atoms with Crippen LogP contribution in [0.4, 0.5) is 0 Å². The molecule has 2 N–H and O–H groups in total. The Labute approximate surface area is 147 Å². The topological polar surface area (TPSA) is 61.3 Å². The second kappa shape index (κ2) is 7.15. The molecular formula is C20H23N3O2. The third-order valence-corrected chi connectivity index (χ3v) is 4.85. The number of aromatic amines is 1. The van der Waals surface area contributed by atoms with E-state index in [9.17, 15) is 4.79 Å². The van der Waals surface area contributed by atoms with Crippen molar-refractivity contribution >= 4 is 16.8 Å². The Morgan fingerprint density at radius 1 is 1.16 bits per heavy atom. The molecule has 1 amide bonds. The number of carbonyl (C=O) groups is 1. The fourth-order valence-electron chi connectivity index (χ4n) is 3.40. The molecule has 25 heavy (non-hydrogen) atoms. The minimum Gasteiger partial charge on any atom is -0.467 e. The highest BCUT2D eigenvalue weighted by Gasteiger charge is 2.13. The molecule has 3 aromatic rings. The van der Waals surface area contributed by atoms with Gasteiger partial charge in [-0.1, -0.05) is 6.07 Å². The number of likely N-dealkylation sites (tertiary alicyclic amines) is 1. The molecule has 1 saturated heterocycles. The van der Waals surface area contributed by atoms with Gasteiger partial charge in [-0.05, 0) is 61.1 Å². The zero-order valence-electron chi connectivity index (χ0n) is 14.3. The molecule has 0 saturated carbocycles. The number of rotatable bonds is 6. The highest BCUT2D eigenvalue weighted by atomic mass is 16.3. The SMILES string of the molecule is O=C(CCN1CCCC1)NCc1cc(-c2ccc3[nH]ccc3c2)co1. The number of amides is 1. The highest BCUT2D eigenvalue weighted by molar-refractivity contribution is 5.84. The van der Waals surface area contributed by atoms with Crippen LogP contribution < -0.4 is 5.32 Å². The fourth-order valence-corrected chi connectivity index (χ4v) is 3.40. The van der Waals surface area contributed by atoms with E-state index in [2.05, 4.69) is 39.5 Å². The average Bonchev–Trinajstić information content (AvgIpc) is 3.39. The van der Waals surface area contributed by atoms with E-state index in [1.807, 2.05) is 12.3 Å². The lowest BCUT2D eigenvalue weighted by Gasteiger charge is -2.13. The number of benzene rings is 1. The number of aromatic nitrogens is 1. The van der Waals surface area contributed by atoms with Crippen LogP contribution in [0.25, 0.3) is 22.0 Å². The van der Waals surface area contributed by atoms with Crippen molar-refractivity contribution < 1.29 is 9.21 Å². The smallest absolute Gasteiger partial charge is 0.221 e. The van der Waals surface area contributed by atoms with Gasteiger partial charge < -0.3 is 19.6 Å². The minimum absolute atomic E-state index is 0.0820. The van der Waals surface area contributed by atoms with Crippen molar-refractivity contribution in [2.24, 2.45) is 0 Å². The van der Waals surface area contributed by atoms with Crippen LogP contribution in [0.1, 0.15) is 25.0 Å². The van der Waals surface area contributed by atoms with Crippen LogP contribution in [-0.2, 0) is 11.3 Å². The van der Waals surface area contributed by atoms with Crippen LogP contribution in [0.3, 0.4) is 0 Å². The van der Waals surface area contributed by atoms with E-state index in [1.54, 1.807) is 6.26 Å². The second-order valence-electron chi connectivity index (χ2n) is 6.66. The van der Waals surface area contributed by atoms with E-state index < -0.39 is 0 Å². The molecule has 0 radical (unpaired) electrons. The summed E-state index contributed by atoms with van der Waals surface area (Å²) in [5.41, 5.74) is 3.27. The van der Waals surface area contributed by atoms with Crippen LogP contribution in [-0.4, -0.2) is 35.4 Å². The molecule has 1 aliphatic heterocycles. The van der Waals surface area contributed by atoms with Gasteiger partial charge in [0.15, 0.2) is 0 Å². The number of fused-ring (bicyclic) bond motifs is 1. The molecule has 3 heterocycles. The summed E-state index contributed by atoms with van der Waals surface area (Å²) in [5.74, 6) is 0.859. The van der Waals surface area contributed by atoms with Gasteiger partial charge in [-0.2, -0.15) is 0 Å². The van der Waals surface area contributed by atoms with E-state index in [4.69, 9.17) is 4.42 Å². The minimum atomic E-state index is 0.0820. The summed E-state index contributed by atoms with van der Waals surface area (Å²) < 4.78 is 5.61. The van der Waals surface area contributed by atoms with Crippen molar-refractivity contribution in [3.8, 4) is 11.1 Å². The maximum absolute atomic E-state index is 12.0. The average molecular weight is 337 g/mol. The summed E-state index contributed by atoms with van der Waals surface area (Å²) in [7, 11) is 0. The summed E-state index contributed by atoms with van der Waals surface area (Å²) in [6, 6.07) is 10.3. The Morgan fingerprint density at radius 2 is 2.04 bits per heavy atom. The van der Waals surface area contributed by atoms with Gasteiger partial charge in [-0.25, -0.2) is 0 Å². The first-order valence-corrected chi connectivity index (χ1v) is 8.92. The van der Waals surface area contributed by atoms with E-state index in [0.717, 1.165) is 42.0 Å². The molecule has 5 heteroatoms. The Bertz CT molecular complexity index is 859. The molecule has 2 aromatic heterocycles. The molecule has 1 aliphatic rings. The van der Waals surface area contributed by atoms with Crippen molar-refractivity contribution in [3.05, 3.63) is 48.6 Å². The van der Waals surface area contributed by atoms with Gasteiger partial charge in [0.2, 0.25) is 5.91 Å². The molecule has 0 aliphatic carbocycles. The van der Waals surface area contributed by atoms with Gasteiger partial charge in [0.25, 0.3) is 0 Å². The first-order valence-electron chi connectivity index (χ1n) is 8.92. The number of nitrogens with one attached hydrogen (secondary N) is 2. The molecule has 0 bridgehead atoms. The molecule has 5 nitrogen and oxygen atoms in total. The summed E-state index contributed by atoms with van der Waals surface area (Å²) in [6.45, 7) is 3.54. The number of H-pyrrole nitrogens is 1. The number of hydrogen-bond acceptors (Lipinski definition) is 3. The van der Waals surface area contributed by atoms with Crippen molar-refractivity contribution in [1.29, 1.82) is 0 Å². The van der Waals surface area contributed by atoms with Gasteiger partial charge in [-0.3, -0.25) is 4.79 Å². The summed E-state index contributed by atoms with van der Waals surface area (Å²) in [5, 5.41) is 4.13. The zero-order valence-corrected chi connectivity index (χ0v) is 14.3. The van der Waals surface area contributed by atoms with Gasteiger partial charge in [0, 0.05) is 30.2 Å². The van der Waals surface area contributed by atoms with E-state index in [0.29, 0.717) is 13.0 Å². The van der Waals surface area contributed by atoms with Gasteiger partial charge >= 0.3 is 0 Å². The molecule has 130 valence electrons. The van der Waals surface area contributed by atoms with Crippen molar-refractivity contribution in [2.75, 3.05) is 19.6 Å². The quantitative estimate of drug-likeness (QED) is 0.723. The third-order valence-electron chi connectivity index (χ3n) is 4.85. The molecule has 1 fully saturated rings. The van der Waals surface area contributed by atoms with Crippen LogP contribution in [0.5, 0.6) is 0 Å². The summed E-state index contributed by atoms with van der Waals surface area (Å²) in [4.78, 5) is 17.5. The Balaban J connectivity index is 1.32. The first kappa shape index (κ1) is 16.0. The van der Waals surface area contributed by atoms with Crippen molar-refractivity contribution in [2.45, 2.75) is 25.8 Å². The normalized spacial score (nSPS) is 15.0. The Kier molecular flexibility index (Phi) is 4.57. The molecular weight excluding hydrogens is 314 g/mol. The maximum atomic E-state index is 12.0. The predicted octanol–water partition coefficient (Wildman–Crippen LogP) is 3.53. The zero-order chi connectivity index (χ0) is 17.1. The second-order valence-corrected chi connectivity index (χ2v) is 6.66. The summed E-state index contributed by atoms with van der Waals surface area (Å²) in [6.07, 6.45) is 6.75. The summed E-state index contributed by atoms with van der Waals surface area (Å²) >= 11 is 0. The molecule has 0 unspecified atom stereocenters. The Morgan fingerprint density at radius 3 is 2.92 bits per heavy atom. The number of furan rings is 1. The predicted molar refractivity (Wildman–Crippen MR) is 98.1 cm³/mol. The molecule has 0 atom stereocenters. The fraction of sp³-hybridized carbons (Fsp3) is 0.350. The first-order chi connectivity index (χ1) is 12.3. The van der Waals surface area contributed by atoms with Gasteiger partial charge in [0.05, 0.1) is 12.8 Å². The molecule has 4 rings (SSSR count). The van der Waals surface area contributed by atoms with E-state index >= 15 is 0 Å². The molecule has 0 spiro atoms. The van der Waals surface area contributed by atoms with Crippen LogP contribution in [0, 0.1) is 0 Å². The van der Waals surface area contributed by atoms with Crippen molar-refractivity contribution in [3.63, 3.8) is 0 Å². The number of hydrogen-bond donors (Lipinski definition) is 2. The lowest BCUT2D eigenvalue weighted by atomic mass is 10.1. The monoisotopic (exact) mass is 337 g/mol. The van der Waals surface area contributed by atoms with E-state index in [-0.39, 0.29) is 5.91 Å². The number of carbonyl (C=O) groups excluding carboxylic acids is 1. The number of nitrogens with zero attached hydrogens (tertiary/aromatic N) is 1. The lowest BCUT2D eigenvalue weighted by molar-refractivity contribution is -0.121. The third kappa shape index (κ3) is 3.77. The highest BCUT2D eigenvalue weighted by Crippen LogP contribution is 2.25. The lowest BCUT2D eigenvalue weighted by Crippen LogP contribution is -2.28. The van der Waals surface area contributed by atoms with Crippen LogP contribution in [0.2, 0.25) is 0 Å². The molecule has 1 aromatic carbocycles. The van der Waals surface area contributed by atoms with Crippen LogP contribution >= 0.6 is 0 Å². The van der Waals surface area contributed by atoms with E-state index in [1.165, 1.54) is 18.2 Å². The van der Waals surface area contributed by atoms with Crippen LogP contribution in [0.15, 0.2) is 47.2 Å². The standard InChI is InChI=1S/C20H23N3O2/c24-20(6-10-23-8-1-2-9-23)22-13-18-12-17(14-25-18)15-3-4-19-16(11-15)5-7-21-19/h3-5,7,11-12,14,21H,1-2,6,8-10,13H2,(H,22,24). The van der Waals surface area contributed by atoms with Crippen molar-refractivity contribution in [1.82, 2.24) is 15.2 Å². The van der Waals surface area contributed by atoms with Gasteiger partial charge in [-0.15, -0.1) is 0 Å². The Hall–Kier alpha value is -2.53. The maximum Gasteiger partial charge on any atom is 0.221 e.